The first-order valence-corrected chi connectivity index (χ1v) is 24.1. The molecule has 0 aromatic carbocycles. The number of imide groups is 1. The minimum absolute atomic E-state index is 0.0402. The summed E-state index contributed by atoms with van der Waals surface area (Å²) in [6, 6.07) is 3.99. The van der Waals surface area contributed by atoms with Gasteiger partial charge in [0.2, 0.25) is 0 Å². The van der Waals surface area contributed by atoms with Crippen LogP contribution in [0.3, 0.4) is 0 Å². The average molecular weight is 808 g/mol. The number of allylic oxidation sites excluding steroid dienone is 4. The van der Waals surface area contributed by atoms with Crippen molar-refractivity contribution in [1.82, 2.24) is 9.88 Å². The summed E-state index contributed by atoms with van der Waals surface area (Å²) >= 11 is 0. The van der Waals surface area contributed by atoms with Crippen molar-refractivity contribution in [1.29, 1.82) is 0 Å². The highest BCUT2D eigenvalue weighted by Gasteiger charge is 2.69. The van der Waals surface area contributed by atoms with Crippen LogP contribution in [0.2, 0.25) is 0 Å². The number of nitrogens with one attached hydrogen (secondary N) is 1. The normalized spacial score (nSPS) is 35.3. The third-order valence-electron chi connectivity index (χ3n) is 15.6. The molecule has 1 saturated heterocycles. The van der Waals surface area contributed by atoms with E-state index < -0.39 is 11.3 Å². The number of esters is 2. The fraction of sp³-hybridized carbons (Fsp3) is 0.587. The van der Waals surface area contributed by atoms with E-state index in [1.54, 1.807) is 17.0 Å². The molecule has 4 aliphatic heterocycles. The number of nitrogens with zero attached hydrogens (tertiary/aromatic N) is 2. The van der Waals surface area contributed by atoms with E-state index in [0.717, 1.165) is 84.6 Å². The molecule has 1 spiro atoms. The quantitative estimate of drug-likeness (QED) is 0.175. The summed E-state index contributed by atoms with van der Waals surface area (Å²) in [6.45, 7) is 2.36. The molecule has 300 valence electrons. The standard InChI is InChI=1S/C46H53N3O6S2/c1-2-45(18-6-7-19-45)23-34-32-12-11-31-30-16-20-46(41(31)40(32)43(52)54-34)35-13-10-29(27-8-4-3-5-9-27)25-56-57-26-48-36-22-28(17-21-47-36)33(39(30)42(46)44(53)55-35)24-49-37(50)14-15-38(49)51/h13-15,17,21-23,27,29-31,33,41H,2-12,16,18-20,24-26H2,1H3,(H,47,48)/b34-23-,35-13+/t29-,30+,31+,33+,41-,46+/m1/s1. The zero-order valence-corrected chi connectivity index (χ0v) is 34.5. The number of anilines is 1. The van der Waals surface area contributed by atoms with Gasteiger partial charge in [-0.1, -0.05) is 73.5 Å². The molecule has 5 heterocycles. The number of cyclic esters (lactones) is 1. The highest BCUT2D eigenvalue weighted by molar-refractivity contribution is 8.76. The Morgan fingerprint density at radius 1 is 0.930 bits per heavy atom. The number of aromatic nitrogens is 1. The van der Waals surface area contributed by atoms with E-state index in [1.807, 2.05) is 22.9 Å². The van der Waals surface area contributed by atoms with Crippen molar-refractivity contribution < 1.29 is 28.7 Å². The van der Waals surface area contributed by atoms with Gasteiger partial charge in [-0.15, -0.1) is 0 Å². The van der Waals surface area contributed by atoms with Gasteiger partial charge in [-0.05, 0) is 116 Å². The molecule has 11 rings (SSSR count). The molecule has 4 fully saturated rings. The average Bonchev–Trinajstić information content (AvgIpc) is 3.99. The van der Waals surface area contributed by atoms with Gasteiger partial charge in [0.05, 0.1) is 16.9 Å². The van der Waals surface area contributed by atoms with Gasteiger partial charge in [-0.2, -0.15) is 0 Å². The summed E-state index contributed by atoms with van der Waals surface area (Å²) in [4.78, 5) is 61.8. The number of carbonyl (C=O) groups excluding carboxylic acids is 4. The van der Waals surface area contributed by atoms with Gasteiger partial charge >= 0.3 is 11.9 Å². The van der Waals surface area contributed by atoms with E-state index in [9.17, 15) is 19.2 Å². The van der Waals surface area contributed by atoms with Gasteiger partial charge in [0.1, 0.15) is 17.3 Å². The first-order chi connectivity index (χ1) is 27.8. The molecular formula is C46H53N3O6S2. The Kier molecular flexibility index (Phi) is 9.86. The zero-order valence-electron chi connectivity index (χ0n) is 32.9. The molecule has 11 heteroatoms. The summed E-state index contributed by atoms with van der Waals surface area (Å²) in [5.74, 6) is 2.95. The van der Waals surface area contributed by atoms with Crippen molar-refractivity contribution in [2.45, 2.75) is 109 Å². The van der Waals surface area contributed by atoms with Gasteiger partial charge in [0, 0.05) is 53.6 Å². The number of carbonyl (C=O) groups is 4. The maximum atomic E-state index is 14.9. The molecule has 0 radical (unpaired) electrons. The Morgan fingerprint density at radius 3 is 2.53 bits per heavy atom. The molecule has 0 unspecified atom stereocenters. The van der Waals surface area contributed by atoms with Crippen LogP contribution in [0.25, 0.3) is 0 Å². The molecule has 9 nitrogen and oxygen atoms in total. The second kappa shape index (κ2) is 14.9. The van der Waals surface area contributed by atoms with E-state index in [0.29, 0.717) is 35.5 Å². The van der Waals surface area contributed by atoms with Crippen LogP contribution in [-0.4, -0.2) is 51.8 Å². The predicted molar refractivity (Wildman–Crippen MR) is 221 cm³/mol. The van der Waals surface area contributed by atoms with Crippen molar-refractivity contribution in [3.05, 3.63) is 82.0 Å². The predicted octanol–water partition coefficient (Wildman–Crippen LogP) is 9.32. The Hall–Kier alpha value is -3.57. The first kappa shape index (κ1) is 37.7. The molecule has 1 aromatic rings. The van der Waals surface area contributed by atoms with Gasteiger partial charge in [0.25, 0.3) is 11.8 Å². The third-order valence-corrected chi connectivity index (χ3v) is 17.8. The van der Waals surface area contributed by atoms with Crippen LogP contribution in [0.15, 0.2) is 76.4 Å². The lowest BCUT2D eigenvalue weighted by molar-refractivity contribution is -0.137. The third kappa shape index (κ3) is 6.22. The topological polar surface area (TPSA) is 115 Å². The number of pyridine rings is 1. The van der Waals surface area contributed by atoms with Crippen LogP contribution in [0.5, 0.6) is 0 Å². The van der Waals surface area contributed by atoms with Crippen LogP contribution >= 0.6 is 21.6 Å². The highest BCUT2D eigenvalue weighted by atomic mass is 33.1. The van der Waals surface area contributed by atoms with Crippen molar-refractivity contribution in [3.63, 3.8) is 0 Å². The first-order valence-electron chi connectivity index (χ1n) is 21.6. The van der Waals surface area contributed by atoms with Crippen molar-refractivity contribution in [2.24, 2.45) is 40.4 Å². The van der Waals surface area contributed by atoms with E-state index in [2.05, 4.69) is 29.4 Å². The molecule has 6 atom stereocenters. The molecule has 7 bridgehead atoms. The van der Waals surface area contributed by atoms with E-state index in [1.165, 1.54) is 62.0 Å². The molecule has 3 saturated carbocycles. The molecule has 2 amide bonds. The van der Waals surface area contributed by atoms with Gasteiger partial charge < -0.3 is 14.8 Å². The highest BCUT2D eigenvalue weighted by Crippen LogP contribution is 2.72. The number of amides is 2. The lowest BCUT2D eigenvalue weighted by Crippen LogP contribution is -2.53. The molecule has 1 aromatic heterocycles. The Morgan fingerprint density at radius 2 is 1.74 bits per heavy atom. The molecule has 57 heavy (non-hydrogen) atoms. The fourth-order valence-electron chi connectivity index (χ4n) is 12.8. The summed E-state index contributed by atoms with van der Waals surface area (Å²) in [5, 5.41) is 3.52. The molecular weight excluding hydrogens is 755 g/mol. The van der Waals surface area contributed by atoms with E-state index in [-0.39, 0.29) is 53.5 Å². The monoisotopic (exact) mass is 807 g/mol. The van der Waals surface area contributed by atoms with Crippen LogP contribution in [-0.2, 0) is 28.7 Å². The second-order valence-corrected chi connectivity index (χ2v) is 20.6. The number of hydrogen-bond acceptors (Lipinski definition) is 10. The SMILES string of the molecule is CCC1(/C=C2\OC(=O)C3=C2CC[C@H]2[C@@H]4CC[C@@]5(C6=C4[C@@H](CN4C(=O)C=CC4=O)c4ccnc(c4)NCSSC[C@H](C4CCCCC4)C/C=C\5OC6=O)[C@@H]32)CCCC1. The Labute approximate surface area is 343 Å². The van der Waals surface area contributed by atoms with Gasteiger partial charge in [0.15, 0.2) is 0 Å². The summed E-state index contributed by atoms with van der Waals surface area (Å²) in [5.41, 5.74) is 3.54. The number of rotatable bonds is 5. The Bertz CT molecular complexity index is 2040. The van der Waals surface area contributed by atoms with Crippen molar-refractivity contribution >= 4 is 51.2 Å². The fourth-order valence-corrected chi connectivity index (χ4v) is 15.0. The number of fused-ring (bicyclic) bond motifs is 3. The van der Waals surface area contributed by atoms with E-state index in [4.69, 9.17) is 9.47 Å². The maximum Gasteiger partial charge on any atom is 0.340 e. The van der Waals surface area contributed by atoms with Crippen LogP contribution < -0.4 is 5.32 Å². The summed E-state index contributed by atoms with van der Waals surface area (Å²) in [7, 11) is 3.69. The van der Waals surface area contributed by atoms with Gasteiger partial charge in [-0.25, -0.2) is 14.6 Å². The minimum Gasteiger partial charge on any atom is -0.427 e. The van der Waals surface area contributed by atoms with Crippen LogP contribution in [0.1, 0.15) is 115 Å². The molecule has 6 aliphatic carbocycles. The maximum absolute atomic E-state index is 14.9. The van der Waals surface area contributed by atoms with Gasteiger partial charge in [-0.3, -0.25) is 14.5 Å². The van der Waals surface area contributed by atoms with E-state index >= 15 is 0 Å². The van der Waals surface area contributed by atoms with Crippen LogP contribution in [0.4, 0.5) is 5.82 Å². The summed E-state index contributed by atoms with van der Waals surface area (Å²) in [6.07, 6.45) is 24.8. The zero-order chi connectivity index (χ0) is 38.9. The van der Waals surface area contributed by atoms with Crippen LogP contribution in [0, 0.1) is 40.4 Å². The number of ether oxygens (including phenoxy) is 2. The van der Waals surface area contributed by atoms with Crippen molar-refractivity contribution in [2.75, 3.05) is 23.5 Å². The lowest BCUT2D eigenvalue weighted by atomic mass is 9.43. The minimum atomic E-state index is -0.836. The number of hydrogen-bond donors (Lipinski definition) is 1. The smallest absolute Gasteiger partial charge is 0.340 e. The lowest BCUT2D eigenvalue weighted by Gasteiger charge is -2.57. The molecule has 10 aliphatic rings. The summed E-state index contributed by atoms with van der Waals surface area (Å²) < 4.78 is 13.0. The second-order valence-electron chi connectivity index (χ2n) is 18.1. The Balaban J connectivity index is 1.17. The largest absolute Gasteiger partial charge is 0.427 e. The molecule has 1 N–H and O–H groups in total. The van der Waals surface area contributed by atoms with Crippen molar-refractivity contribution in [3.8, 4) is 0 Å².